The summed E-state index contributed by atoms with van der Waals surface area (Å²) >= 11 is 1.36. The molecule has 0 fully saturated rings. The molecule has 0 saturated heterocycles. The fraction of sp³-hybridized carbons (Fsp3) is 0.727. The van der Waals surface area contributed by atoms with Gasteiger partial charge in [-0.1, -0.05) is 37.3 Å². The van der Waals surface area contributed by atoms with Gasteiger partial charge in [-0.2, -0.15) is 0 Å². The van der Waals surface area contributed by atoms with E-state index in [0.29, 0.717) is 10.5 Å². The summed E-state index contributed by atoms with van der Waals surface area (Å²) in [5.74, 6) is 0.183. The van der Waals surface area contributed by atoms with Crippen LogP contribution in [0.25, 0.3) is 0 Å². The second-order valence-corrected chi connectivity index (χ2v) is 5.30. The van der Waals surface area contributed by atoms with Crippen molar-refractivity contribution in [1.82, 2.24) is 0 Å². The van der Waals surface area contributed by atoms with Gasteiger partial charge < -0.3 is 0 Å². The topological polar surface area (TPSA) is 17.1 Å². The van der Waals surface area contributed by atoms with Gasteiger partial charge in [-0.3, -0.25) is 4.79 Å². The zero-order valence-corrected chi connectivity index (χ0v) is 9.70. The molecule has 0 aromatic carbocycles. The molecule has 74 valence electrons. The largest absolute Gasteiger partial charge is 0.287 e. The molecule has 0 aromatic rings. The van der Waals surface area contributed by atoms with Crippen molar-refractivity contribution in [3.63, 3.8) is 0 Å². The molecule has 0 bridgehead atoms. The van der Waals surface area contributed by atoms with Crippen molar-refractivity contribution in [3.05, 3.63) is 11.6 Å². The molecule has 0 amide bonds. The maximum absolute atomic E-state index is 11.5. The van der Waals surface area contributed by atoms with Crippen LogP contribution in [0.5, 0.6) is 0 Å². The average molecular weight is 198 g/mol. The smallest absolute Gasteiger partial charge is 0.195 e. The summed E-state index contributed by atoms with van der Waals surface area (Å²) in [6.07, 6.45) is 6.28. The van der Waals surface area contributed by atoms with E-state index in [9.17, 15) is 4.79 Å². The lowest BCUT2D eigenvalue weighted by molar-refractivity contribution is -0.113. The quantitative estimate of drug-likeness (QED) is 0.602. The molecule has 0 radical (unpaired) electrons. The molecule has 1 aliphatic carbocycles. The highest BCUT2D eigenvalue weighted by molar-refractivity contribution is 8.13. The van der Waals surface area contributed by atoms with Gasteiger partial charge in [0.25, 0.3) is 0 Å². The van der Waals surface area contributed by atoms with Gasteiger partial charge in [-0.25, -0.2) is 0 Å². The molecular weight excluding hydrogens is 180 g/mol. The van der Waals surface area contributed by atoms with Crippen molar-refractivity contribution >= 4 is 16.9 Å². The van der Waals surface area contributed by atoms with Gasteiger partial charge in [-0.15, -0.1) is 0 Å². The van der Waals surface area contributed by atoms with E-state index >= 15 is 0 Å². The first-order valence-corrected chi connectivity index (χ1v) is 5.96. The predicted molar refractivity (Wildman–Crippen MR) is 58.8 cm³/mol. The van der Waals surface area contributed by atoms with Gasteiger partial charge in [0, 0.05) is 5.92 Å². The first-order chi connectivity index (χ1) is 5.96. The number of hydrogen-bond donors (Lipinski definition) is 0. The van der Waals surface area contributed by atoms with Crippen LogP contribution in [0.4, 0.5) is 0 Å². The molecule has 2 heteroatoms. The van der Waals surface area contributed by atoms with Crippen LogP contribution in [-0.4, -0.2) is 11.4 Å². The molecule has 1 unspecified atom stereocenters. The van der Waals surface area contributed by atoms with Crippen molar-refractivity contribution < 1.29 is 4.79 Å². The number of hydrogen-bond acceptors (Lipinski definition) is 2. The Balaban J connectivity index is 2.79. The Bertz CT molecular complexity index is 240. The zero-order valence-electron chi connectivity index (χ0n) is 8.89. The number of carbonyl (C=O) groups is 1. The minimum atomic E-state index is 0.183. The Morgan fingerprint density at radius 1 is 1.62 bits per heavy atom. The third-order valence-electron chi connectivity index (χ3n) is 2.73. The van der Waals surface area contributed by atoms with Crippen LogP contribution in [0, 0.1) is 11.3 Å². The molecule has 13 heavy (non-hydrogen) atoms. The molecule has 1 rings (SSSR count). The summed E-state index contributed by atoms with van der Waals surface area (Å²) in [4.78, 5) is 11.5. The monoisotopic (exact) mass is 198 g/mol. The third-order valence-corrected chi connectivity index (χ3v) is 3.42. The number of thioether (sulfide) groups is 1. The van der Waals surface area contributed by atoms with Gasteiger partial charge >= 0.3 is 0 Å². The van der Waals surface area contributed by atoms with E-state index in [1.54, 1.807) is 0 Å². The third kappa shape index (κ3) is 2.60. The summed E-state index contributed by atoms with van der Waals surface area (Å²) in [7, 11) is 0. The van der Waals surface area contributed by atoms with E-state index < -0.39 is 0 Å². The van der Waals surface area contributed by atoms with Crippen LogP contribution < -0.4 is 0 Å². The van der Waals surface area contributed by atoms with E-state index in [0.717, 1.165) is 12.8 Å². The van der Waals surface area contributed by atoms with Crippen molar-refractivity contribution in [2.75, 3.05) is 6.26 Å². The summed E-state index contributed by atoms with van der Waals surface area (Å²) in [6.45, 7) is 6.55. The van der Waals surface area contributed by atoms with Crippen LogP contribution in [0.1, 0.15) is 33.6 Å². The predicted octanol–water partition coefficient (Wildman–Crippen LogP) is 3.26. The van der Waals surface area contributed by atoms with Gasteiger partial charge in [0.05, 0.1) is 0 Å². The average Bonchev–Trinajstić information content (AvgIpc) is 2.01. The molecular formula is C11H18OS. The minimum absolute atomic E-state index is 0.183. The van der Waals surface area contributed by atoms with E-state index in [1.165, 1.54) is 17.3 Å². The van der Waals surface area contributed by atoms with Crippen LogP contribution in [-0.2, 0) is 4.79 Å². The van der Waals surface area contributed by atoms with E-state index in [-0.39, 0.29) is 5.92 Å². The molecule has 0 aromatic heterocycles. The molecule has 1 aliphatic rings. The second kappa shape index (κ2) is 3.87. The van der Waals surface area contributed by atoms with Crippen molar-refractivity contribution in [2.24, 2.45) is 11.3 Å². The molecule has 0 aliphatic heterocycles. The Kier molecular flexibility index (Phi) is 3.23. The number of rotatable bonds is 1. The number of allylic oxidation sites excluding steroid dienone is 2. The lowest BCUT2D eigenvalue weighted by atomic mass is 9.75. The summed E-state index contributed by atoms with van der Waals surface area (Å²) in [5.41, 5.74) is 1.55. The summed E-state index contributed by atoms with van der Waals surface area (Å²) in [5, 5.41) is 0.323. The fourth-order valence-corrected chi connectivity index (χ4v) is 2.57. The SMILES string of the molecule is CSC(=O)C1CCC(C)(C)C=C1C. The van der Waals surface area contributed by atoms with E-state index in [4.69, 9.17) is 0 Å². The normalized spacial score (nSPS) is 26.8. The Hall–Kier alpha value is -0.240. The maximum Gasteiger partial charge on any atom is 0.195 e. The molecule has 1 atom stereocenters. The van der Waals surface area contributed by atoms with Crippen molar-refractivity contribution in [2.45, 2.75) is 33.6 Å². The van der Waals surface area contributed by atoms with Gasteiger partial charge in [0.1, 0.15) is 0 Å². The molecule has 0 spiro atoms. The highest BCUT2D eigenvalue weighted by Crippen LogP contribution is 2.37. The van der Waals surface area contributed by atoms with Crippen molar-refractivity contribution in [1.29, 1.82) is 0 Å². The first kappa shape index (κ1) is 10.8. The summed E-state index contributed by atoms with van der Waals surface area (Å²) in [6, 6.07) is 0. The fourth-order valence-electron chi connectivity index (χ4n) is 1.98. The van der Waals surface area contributed by atoms with Gasteiger partial charge in [-0.05, 0) is 31.4 Å². The van der Waals surface area contributed by atoms with Gasteiger partial charge in [0.15, 0.2) is 5.12 Å². The Labute approximate surface area is 85.0 Å². The second-order valence-electron chi connectivity index (χ2n) is 4.49. The maximum atomic E-state index is 11.5. The lowest BCUT2D eigenvalue weighted by Crippen LogP contribution is -2.23. The Morgan fingerprint density at radius 3 is 2.69 bits per heavy atom. The van der Waals surface area contributed by atoms with Crippen LogP contribution in [0.2, 0.25) is 0 Å². The van der Waals surface area contributed by atoms with Crippen LogP contribution >= 0.6 is 11.8 Å². The van der Waals surface area contributed by atoms with Crippen LogP contribution in [0.3, 0.4) is 0 Å². The molecule has 0 saturated carbocycles. The standard InChI is InChI=1S/C11H18OS/c1-8-7-11(2,3)6-5-9(8)10(12)13-4/h7,9H,5-6H2,1-4H3. The first-order valence-electron chi connectivity index (χ1n) is 4.73. The molecule has 1 nitrogen and oxygen atoms in total. The Morgan fingerprint density at radius 2 is 2.23 bits per heavy atom. The van der Waals surface area contributed by atoms with Crippen LogP contribution in [0.15, 0.2) is 11.6 Å². The lowest BCUT2D eigenvalue weighted by Gasteiger charge is -2.30. The highest BCUT2D eigenvalue weighted by atomic mass is 32.2. The van der Waals surface area contributed by atoms with E-state index in [1.807, 2.05) is 6.26 Å². The van der Waals surface area contributed by atoms with Crippen molar-refractivity contribution in [3.8, 4) is 0 Å². The zero-order chi connectivity index (χ0) is 10.1. The highest BCUT2D eigenvalue weighted by Gasteiger charge is 2.29. The van der Waals surface area contributed by atoms with Gasteiger partial charge in [0.2, 0.25) is 0 Å². The minimum Gasteiger partial charge on any atom is -0.287 e. The molecule has 0 N–H and O–H groups in total. The molecule has 0 heterocycles. The summed E-state index contributed by atoms with van der Waals surface area (Å²) < 4.78 is 0. The number of carbonyl (C=O) groups excluding carboxylic acids is 1. The van der Waals surface area contributed by atoms with E-state index in [2.05, 4.69) is 26.8 Å².